The largest absolute Gasteiger partial charge is 0.252 e. The maximum Gasteiger partial charge on any atom is 0.252 e. The molecule has 1 rings (SSSR count). The zero-order valence-electron chi connectivity index (χ0n) is 10.1. The molecule has 0 N–H and O–H groups in total. The van der Waals surface area contributed by atoms with Gasteiger partial charge in [0, 0.05) is 23.8 Å². The fourth-order valence-electron chi connectivity index (χ4n) is 1.50. The summed E-state index contributed by atoms with van der Waals surface area (Å²) >= 11 is 6.96. The summed E-state index contributed by atoms with van der Waals surface area (Å²) in [5.41, 5.74) is 0. The molecule has 0 spiro atoms. The van der Waals surface area contributed by atoms with E-state index in [1.165, 1.54) is 15.6 Å². The monoisotopic (exact) mass is 295 g/mol. The fraction of sp³-hybridized carbons (Fsp3) is 0.636. The summed E-state index contributed by atoms with van der Waals surface area (Å²) in [6.07, 6.45) is 1.55. The van der Waals surface area contributed by atoms with Crippen LogP contribution in [0, 0.1) is 0 Å². The molecule has 0 amide bonds. The summed E-state index contributed by atoms with van der Waals surface area (Å²) < 4.78 is 26.5. The molecule has 0 unspecified atom stereocenters. The van der Waals surface area contributed by atoms with Crippen LogP contribution in [0.5, 0.6) is 0 Å². The molecule has 98 valence electrons. The number of aryl methyl sites for hydroxylation is 1. The Kier molecular flexibility index (Phi) is 5.92. The second-order valence-electron chi connectivity index (χ2n) is 3.61. The number of halogens is 1. The number of sulfonamides is 1. The van der Waals surface area contributed by atoms with Gasteiger partial charge < -0.3 is 0 Å². The zero-order chi connectivity index (χ0) is 12.9. The van der Waals surface area contributed by atoms with Crippen molar-refractivity contribution in [3.63, 3.8) is 0 Å². The van der Waals surface area contributed by atoms with E-state index in [4.69, 9.17) is 11.6 Å². The molecule has 0 saturated carbocycles. The lowest BCUT2D eigenvalue weighted by atomic mass is 10.4. The summed E-state index contributed by atoms with van der Waals surface area (Å²) in [5.74, 6) is 0.483. The molecular weight excluding hydrogens is 278 g/mol. The van der Waals surface area contributed by atoms with Gasteiger partial charge >= 0.3 is 0 Å². The van der Waals surface area contributed by atoms with Gasteiger partial charge in [-0.15, -0.1) is 22.9 Å². The van der Waals surface area contributed by atoms with E-state index in [1.807, 2.05) is 19.9 Å². The lowest BCUT2D eigenvalue weighted by molar-refractivity contribution is 0.429. The maximum atomic E-state index is 12.3. The molecule has 1 heterocycles. The van der Waals surface area contributed by atoms with Crippen molar-refractivity contribution < 1.29 is 8.42 Å². The van der Waals surface area contributed by atoms with Crippen LogP contribution in [0.4, 0.5) is 0 Å². The molecule has 0 saturated heterocycles. The molecule has 0 aliphatic rings. The third-order valence-corrected chi connectivity index (χ3v) is 6.41. The van der Waals surface area contributed by atoms with Gasteiger partial charge in [0.2, 0.25) is 0 Å². The number of alkyl halides is 1. The molecule has 0 radical (unpaired) electrons. The number of thiophene rings is 1. The first-order valence-corrected chi connectivity index (χ1v) is 8.50. The van der Waals surface area contributed by atoms with Crippen LogP contribution in [0.25, 0.3) is 0 Å². The lowest BCUT2D eigenvalue weighted by Gasteiger charge is -2.18. The molecule has 0 fully saturated rings. The Bertz CT molecular complexity index is 442. The highest BCUT2D eigenvalue weighted by molar-refractivity contribution is 7.91. The first kappa shape index (κ1) is 15.0. The SMILES string of the molecule is CCc1ccc(S(=O)(=O)N(CC)CCCCl)s1. The van der Waals surface area contributed by atoms with Gasteiger partial charge in [-0.1, -0.05) is 13.8 Å². The Balaban J connectivity index is 2.91. The fourth-order valence-corrected chi connectivity index (χ4v) is 4.56. The van der Waals surface area contributed by atoms with Crippen molar-refractivity contribution in [2.75, 3.05) is 19.0 Å². The first-order chi connectivity index (χ1) is 8.06. The summed E-state index contributed by atoms with van der Waals surface area (Å²) in [6.45, 7) is 4.84. The van der Waals surface area contributed by atoms with Crippen LogP contribution < -0.4 is 0 Å². The van der Waals surface area contributed by atoms with E-state index in [2.05, 4.69) is 0 Å². The minimum atomic E-state index is -3.32. The summed E-state index contributed by atoms with van der Waals surface area (Å²) in [5, 5.41) is 0. The number of rotatable bonds is 7. The van der Waals surface area contributed by atoms with Gasteiger partial charge in [0.1, 0.15) is 4.21 Å². The van der Waals surface area contributed by atoms with Crippen LogP contribution >= 0.6 is 22.9 Å². The minimum absolute atomic E-state index is 0.436. The summed E-state index contributed by atoms with van der Waals surface area (Å²) in [6, 6.07) is 3.58. The Morgan fingerprint density at radius 2 is 2.06 bits per heavy atom. The molecule has 0 atom stereocenters. The van der Waals surface area contributed by atoms with Crippen molar-refractivity contribution in [2.24, 2.45) is 0 Å². The second-order valence-corrected chi connectivity index (χ2v) is 7.32. The highest BCUT2D eigenvalue weighted by atomic mass is 35.5. The average Bonchev–Trinajstić information content (AvgIpc) is 2.79. The predicted octanol–water partition coefficient (Wildman–Crippen LogP) is 2.95. The van der Waals surface area contributed by atoms with Gasteiger partial charge in [-0.3, -0.25) is 0 Å². The molecule has 0 aromatic carbocycles. The standard InChI is InChI=1S/C11H18ClNO2S2/c1-3-10-6-7-11(16-10)17(14,15)13(4-2)9-5-8-12/h6-7H,3-5,8-9H2,1-2H3. The Morgan fingerprint density at radius 1 is 1.35 bits per heavy atom. The van der Waals surface area contributed by atoms with Crippen molar-refractivity contribution in [3.8, 4) is 0 Å². The Hall–Kier alpha value is -0.100. The highest BCUT2D eigenvalue weighted by Gasteiger charge is 2.24. The molecule has 1 aromatic heterocycles. The van der Waals surface area contributed by atoms with Crippen LogP contribution in [0.2, 0.25) is 0 Å². The molecule has 6 heteroatoms. The zero-order valence-corrected chi connectivity index (χ0v) is 12.5. The van der Waals surface area contributed by atoms with Crippen molar-refractivity contribution in [1.29, 1.82) is 0 Å². The van der Waals surface area contributed by atoms with E-state index in [0.29, 0.717) is 29.6 Å². The van der Waals surface area contributed by atoms with Gasteiger partial charge in [0.05, 0.1) is 0 Å². The number of hydrogen-bond donors (Lipinski definition) is 0. The van der Waals surface area contributed by atoms with E-state index in [0.717, 1.165) is 11.3 Å². The molecule has 17 heavy (non-hydrogen) atoms. The smallest absolute Gasteiger partial charge is 0.206 e. The quantitative estimate of drug-likeness (QED) is 0.725. The van der Waals surface area contributed by atoms with Crippen molar-refractivity contribution in [3.05, 3.63) is 17.0 Å². The minimum Gasteiger partial charge on any atom is -0.206 e. The molecule has 1 aromatic rings. The molecule has 0 bridgehead atoms. The number of nitrogens with zero attached hydrogens (tertiary/aromatic N) is 1. The van der Waals surface area contributed by atoms with Crippen molar-refractivity contribution in [1.82, 2.24) is 4.31 Å². The van der Waals surface area contributed by atoms with Crippen LogP contribution in [0.15, 0.2) is 16.3 Å². The van der Waals surface area contributed by atoms with Crippen LogP contribution in [-0.2, 0) is 16.4 Å². The third kappa shape index (κ3) is 3.68. The van der Waals surface area contributed by atoms with Crippen LogP contribution in [-0.4, -0.2) is 31.7 Å². The van der Waals surface area contributed by atoms with Gasteiger partial charge in [-0.25, -0.2) is 8.42 Å². The lowest BCUT2D eigenvalue weighted by Crippen LogP contribution is -2.31. The van der Waals surface area contributed by atoms with Gasteiger partial charge in [-0.2, -0.15) is 4.31 Å². The summed E-state index contributed by atoms with van der Waals surface area (Å²) in [4.78, 5) is 1.09. The van der Waals surface area contributed by atoms with Crippen molar-refractivity contribution in [2.45, 2.75) is 30.9 Å². The van der Waals surface area contributed by atoms with E-state index in [9.17, 15) is 8.42 Å². The van der Waals surface area contributed by atoms with Crippen LogP contribution in [0.1, 0.15) is 25.1 Å². The highest BCUT2D eigenvalue weighted by Crippen LogP contribution is 2.25. The second kappa shape index (κ2) is 6.73. The molecule has 3 nitrogen and oxygen atoms in total. The predicted molar refractivity (Wildman–Crippen MR) is 73.5 cm³/mol. The van der Waals surface area contributed by atoms with Crippen LogP contribution in [0.3, 0.4) is 0 Å². The van der Waals surface area contributed by atoms with Crippen molar-refractivity contribution >= 4 is 33.0 Å². The van der Waals surface area contributed by atoms with E-state index < -0.39 is 10.0 Å². The van der Waals surface area contributed by atoms with Gasteiger partial charge in [0.25, 0.3) is 10.0 Å². The Morgan fingerprint density at radius 3 is 2.53 bits per heavy atom. The average molecular weight is 296 g/mol. The normalized spacial score (nSPS) is 12.2. The number of hydrogen-bond acceptors (Lipinski definition) is 3. The topological polar surface area (TPSA) is 37.4 Å². The van der Waals surface area contributed by atoms with E-state index in [1.54, 1.807) is 6.07 Å². The van der Waals surface area contributed by atoms with Gasteiger partial charge in [-0.05, 0) is 25.0 Å². The summed E-state index contributed by atoms with van der Waals surface area (Å²) in [7, 11) is -3.32. The Labute approximate surface area is 112 Å². The molecule has 0 aliphatic carbocycles. The molecule has 0 aliphatic heterocycles. The molecular formula is C11H18ClNO2S2. The maximum absolute atomic E-state index is 12.3. The van der Waals surface area contributed by atoms with Gasteiger partial charge in [0.15, 0.2) is 0 Å². The third-order valence-electron chi connectivity index (χ3n) is 2.47. The first-order valence-electron chi connectivity index (χ1n) is 5.71. The van der Waals surface area contributed by atoms with E-state index in [-0.39, 0.29) is 0 Å². The van der Waals surface area contributed by atoms with E-state index >= 15 is 0 Å².